The monoisotopic (exact) mass is 323 g/mol. The van der Waals surface area contributed by atoms with Crippen LogP contribution in [0.25, 0.3) is 0 Å². The molecule has 1 atom stereocenters. The lowest BCUT2D eigenvalue weighted by Crippen LogP contribution is -2.15. The number of carboxylic acids is 1. The molecular formula is C14H11BrFNO2. The van der Waals surface area contributed by atoms with E-state index in [1.165, 1.54) is 12.1 Å². The highest BCUT2D eigenvalue weighted by Gasteiger charge is 2.21. The van der Waals surface area contributed by atoms with E-state index >= 15 is 0 Å². The highest BCUT2D eigenvalue weighted by molar-refractivity contribution is 9.10. The van der Waals surface area contributed by atoms with Gasteiger partial charge in [-0.15, -0.1) is 0 Å². The summed E-state index contributed by atoms with van der Waals surface area (Å²) in [6.07, 6.45) is 1.85. The molecule has 0 bridgehead atoms. The van der Waals surface area contributed by atoms with E-state index in [9.17, 15) is 14.3 Å². The molecule has 1 N–H and O–H groups in total. The molecule has 1 heterocycles. The highest BCUT2D eigenvalue weighted by Crippen LogP contribution is 2.21. The van der Waals surface area contributed by atoms with Gasteiger partial charge in [0.25, 0.3) is 0 Å². The van der Waals surface area contributed by atoms with Crippen LogP contribution in [0.4, 0.5) is 4.39 Å². The summed E-state index contributed by atoms with van der Waals surface area (Å²) in [6.45, 7) is 0. The molecule has 0 aliphatic carbocycles. The van der Waals surface area contributed by atoms with Crippen molar-refractivity contribution in [2.24, 2.45) is 0 Å². The molecule has 0 amide bonds. The summed E-state index contributed by atoms with van der Waals surface area (Å²) in [5.74, 6) is -2.02. The molecule has 19 heavy (non-hydrogen) atoms. The summed E-state index contributed by atoms with van der Waals surface area (Å²) in [5.41, 5.74) is 1.25. The SMILES string of the molecule is O=C(O)C(Cc1ccc(F)cc1)c1ccc(Br)cn1. The van der Waals surface area contributed by atoms with Gasteiger partial charge in [-0.25, -0.2) is 4.39 Å². The van der Waals surface area contributed by atoms with E-state index in [4.69, 9.17) is 0 Å². The molecular weight excluding hydrogens is 313 g/mol. The summed E-state index contributed by atoms with van der Waals surface area (Å²) >= 11 is 3.25. The van der Waals surface area contributed by atoms with Crippen molar-refractivity contribution in [2.45, 2.75) is 12.3 Å². The second-order valence-corrected chi connectivity index (χ2v) is 5.04. The Morgan fingerprint density at radius 2 is 1.95 bits per heavy atom. The maximum Gasteiger partial charge on any atom is 0.312 e. The Kier molecular flexibility index (Phi) is 4.27. The maximum atomic E-state index is 12.8. The van der Waals surface area contributed by atoms with Crippen LogP contribution in [-0.2, 0) is 11.2 Å². The number of hydrogen-bond donors (Lipinski definition) is 1. The Morgan fingerprint density at radius 1 is 1.26 bits per heavy atom. The van der Waals surface area contributed by atoms with Gasteiger partial charge in [0, 0.05) is 10.7 Å². The number of halogens is 2. The van der Waals surface area contributed by atoms with E-state index in [0.29, 0.717) is 5.69 Å². The number of nitrogens with zero attached hydrogens (tertiary/aromatic N) is 1. The van der Waals surface area contributed by atoms with E-state index in [0.717, 1.165) is 10.0 Å². The van der Waals surface area contributed by atoms with E-state index in [2.05, 4.69) is 20.9 Å². The van der Waals surface area contributed by atoms with Gasteiger partial charge in [0.15, 0.2) is 0 Å². The van der Waals surface area contributed by atoms with E-state index in [1.807, 2.05) is 0 Å². The van der Waals surface area contributed by atoms with Crippen molar-refractivity contribution in [3.63, 3.8) is 0 Å². The number of aliphatic carboxylic acids is 1. The molecule has 2 aromatic rings. The van der Waals surface area contributed by atoms with Gasteiger partial charge in [0.05, 0.1) is 5.69 Å². The van der Waals surface area contributed by atoms with Gasteiger partial charge in [-0.05, 0) is 52.2 Å². The van der Waals surface area contributed by atoms with Crippen LogP contribution in [0.3, 0.4) is 0 Å². The van der Waals surface area contributed by atoms with Crippen molar-refractivity contribution in [1.82, 2.24) is 4.98 Å². The van der Waals surface area contributed by atoms with Crippen molar-refractivity contribution in [3.8, 4) is 0 Å². The molecule has 0 saturated heterocycles. The number of carbonyl (C=O) groups is 1. The first-order valence-electron chi connectivity index (χ1n) is 5.65. The van der Waals surface area contributed by atoms with Gasteiger partial charge < -0.3 is 5.11 Å². The Hall–Kier alpha value is -1.75. The predicted molar refractivity (Wildman–Crippen MR) is 72.4 cm³/mol. The normalized spacial score (nSPS) is 12.1. The number of rotatable bonds is 4. The van der Waals surface area contributed by atoms with Gasteiger partial charge in [-0.3, -0.25) is 9.78 Å². The summed E-state index contributed by atoms with van der Waals surface area (Å²) < 4.78 is 13.6. The van der Waals surface area contributed by atoms with Crippen LogP contribution in [0.15, 0.2) is 47.1 Å². The highest BCUT2D eigenvalue weighted by atomic mass is 79.9. The van der Waals surface area contributed by atoms with Crippen molar-refractivity contribution >= 4 is 21.9 Å². The number of pyridine rings is 1. The molecule has 0 aliphatic rings. The van der Waals surface area contributed by atoms with Crippen molar-refractivity contribution < 1.29 is 14.3 Å². The minimum Gasteiger partial charge on any atom is -0.481 e. The smallest absolute Gasteiger partial charge is 0.312 e. The molecule has 0 radical (unpaired) electrons. The zero-order valence-corrected chi connectivity index (χ0v) is 11.5. The molecule has 2 rings (SSSR count). The lowest BCUT2D eigenvalue weighted by molar-refractivity contribution is -0.138. The first-order chi connectivity index (χ1) is 9.06. The molecule has 0 saturated carbocycles. The van der Waals surface area contributed by atoms with Crippen LogP contribution in [0, 0.1) is 5.82 Å². The van der Waals surface area contributed by atoms with Gasteiger partial charge in [-0.1, -0.05) is 12.1 Å². The average Bonchev–Trinajstić information content (AvgIpc) is 2.39. The number of benzene rings is 1. The van der Waals surface area contributed by atoms with Gasteiger partial charge >= 0.3 is 5.97 Å². The third-order valence-electron chi connectivity index (χ3n) is 2.76. The topological polar surface area (TPSA) is 50.2 Å². The Morgan fingerprint density at radius 3 is 2.47 bits per heavy atom. The third-order valence-corrected chi connectivity index (χ3v) is 3.23. The Labute approximate surface area is 118 Å². The molecule has 0 aliphatic heterocycles. The molecule has 1 aromatic heterocycles. The lowest BCUT2D eigenvalue weighted by atomic mass is 9.96. The zero-order chi connectivity index (χ0) is 13.8. The average molecular weight is 324 g/mol. The quantitative estimate of drug-likeness (QED) is 0.938. The number of carboxylic acid groups (broad SMARTS) is 1. The maximum absolute atomic E-state index is 12.8. The largest absolute Gasteiger partial charge is 0.481 e. The van der Waals surface area contributed by atoms with Crippen molar-refractivity contribution in [3.05, 3.63) is 64.1 Å². The minimum atomic E-state index is -0.945. The fraction of sp³-hybridized carbons (Fsp3) is 0.143. The zero-order valence-electron chi connectivity index (χ0n) is 9.88. The molecule has 5 heteroatoms. The Bertz CT molecular complexity index is 569. The number of aromatic nitrogens is 1. The summed E-state index contributed by atoms with van der Waals surface area (Å²) in [7, 11) is 0. The fourth-order valence-corrected chi connectivity index (χ4v) is 2.00. The first-order valence-corrected chi connectivity index (χ1v) is 6.44. The van der Waals surface area contributed by atoms with Crippen LogP contribution >= 0.6 is 15.9 Å². The molecule has 98 valence electrons. The molecule has 1 unspecified atom stereocenters. The van der Waals surface area contributed by atoms with E-state index < -0.39 is 11.9 Å². The van der Waals surface area contributed by atoms with Gasteiger partial charge in [0.1, 0.15) is 11.7 Å². The number of hydrogen-bond acceptors (Lipinski definition) is 2. The third kappa shape index (κ3) is 3.61. The van der Waals surface area contributed by atoms with Crippen LogP contribution < -0.4 is 0 Å². The molecule has 0 spiro atoms. The van der Waals surface area contributed by atoms with Crippen LogP contribution in [0.1, 0.15) is 17.2 Å². The molecule has 3 nitrogen and oxygen atoms in total. The van der Waals surface area contributed by atoms with Crippen molar-refractivity contribution in [1.29, 1.82) is 0 Å². The van der Waals surface area contributed by atoms with E-state index in [1.54, 1.807) is 30.5 Å². The summed E-state index contributed by atoms with van der Waals surface area (Å²) in [5, 5.41) is 9.29. The fourth-order valence-electron chi connectivity index (χ4n) is 1.77. The molecule has 1 aromatic carbocycles. The first kappa shape index (κ1) is 13.7. The lowest BCUT2D eigenvalue weighted by Gasteiger charge is -2.12. The minimum absolute atomic E-state index is 0.282. The second kappa shape index (κ2) is 5.93. The standard InChI is InChI=1S/C14H11BrFNO2/c15-10-3-6-13(17-8-10)12(14(18)19)7-9-1-4-11(16)5-2-9/h1-6,8,12H,7H2,(H,18,19). The van der Waals surface area contributed by atoms with Crippen LogP contribution in [-0.4, -0.2) is 16.1 Å². The molecule has 0 fully saturated rings. The summed E-state index contributed by atoms with van der Waals surface area (Å²) in [6, 6.07) is 9.25. The van der Waals surface area contributed by atoms with Gasteiger partial charge in [0.2, 0.25) is 0 Å². The summed E-state index contributed by atoms with van der Waals surface area (Å²) in [4.78, 5) is 15.4. The predicted octanol–water partition coefficient (Wildman–Crippen LogP) is 3.39. The van der Waals surface area contributed by atoms with Crippen LogP contribution in [0.2, 0.25) is 0 Å². The van der Waals surface area contributed by atoms with Crippen LogP contribution in [0.5, 0.6) is 0 Å². The van der Waals surface area contributed by atoms with E-state index in [-0.39, 0.29) is 12.2 Å². The van der Waals surface area contributed by atoms with Gasteiger partial charge in [-0.2, -0.15) is 0 Å². The van der Waals surface area contributed by atoms with Crippen molar-refractivity contribution in [2.75, 3.05) is 0 Å². The second-order valence-electron chi connectivity index (χ2n) is 4.12. The Balaban J connectivity index is 2.23.